The molecule has 4 nitrogen and oxygen atoms in total. The summed E-state index contributed by atoms with van der Waals surface area (Å²) in [4.78, 5) is 4.44. The van der Waals surface area contributed by atoms with Crippen molar-refractivity contribution in [3.63, 3.8) is 0 Å². The van der Waals surface area contributed by atoms with E-state index in [0.29, 0.717) is 0 Å². The van der Waals surface area contributed by atoms with Gasteiger partial charge in [-0.1, -0.05) is 0 Å². The van der Waals surface area contributed by atoms with Crippen LogP contribution in [0.5, 0.6) is 0 Å². The molecular formula is C12H16N4. The fraction of sp³-hybridized carbons (Fsp3) is 0.333. The Morgan fingerprint density at radius 3 is 2.75 bits per heavy atom. The minimum atomic E-state index is 0.840. The Morgan fingerprint density at radius 1 is 1.38 bits per heavy atom. The molecule has 2 heterocycles. The summed E-state index contributed by atoms with van der Waals surface area (Å²) in [5.41, 5.74) is 3.32. The quantitative estimate of drug-likeness (QED) is 0.847. The Kier molecular flexibility index (Phi) is 3.01. The van der Waals surface area contributed by atoms with E-state index in [-0.39, 0.29) is 0 Å². The molecule has 0 saturated heterocycles. The van der Waals surface area contributed by atoms with Crippen molar-refractivity contribution in [2.45, 2.75) is 20.4 Å². The molecule has 0 amide bonds. The summed E-state index contributed by atoms with van der Waals surface area (Å²) in [6.45, 7) is 4.87. The standard InChI is InChI=1S/C12H16N4/c1-9-6-11(7-13-3)8-14-12(9)16-5-4-10(2)15-16/h4-6,8,13H,7H2,1-3H3. The van der Waals surface area contributed by atoms with Gasteiger partial charge in [-0.2, -0.15) is 5.10 Å². The van der Waals surface area contributed by atoms with Crippen molar-refractivity contribution in [3.05, 3.63) is 41.3 Å². The molecule has 0 bridgehead atoms. The zero-order chi connectivity index (χ0) is 11.5. The molecule has 2 aromatic rings. The van der Waals surface area contributed by atoms with Gasteiger partial charge in [0, 0.05) is 18.9 Å². The molecule has 0 radical (unpaired) electrons. The third-order valence-electron chi connectivity index (χ3n) is 2.43. The van der Waals surface area contributed by atoms with Crippen LogP contribution in [0.4, 0.5) is 0 Å². The lowest BCUT2D eigenvalue weighted by Crippen LogP contribution is -2.08. The van der Waals surface area contributed by atoms with Crippen LogP contribution in [-0.4, -0.2) is 21.8 Å². The van der Waals surface area contributed by atoms with Crippen molar-refractivity contribution in [1.82, 2.24) is 20.1 Å². The van der Waals surface area contributed by atoms with Gasteiger partial charge in [0.25, 0.3) is 0 Å². The van der Waals surface area contributed by atoms with Crippen LogP contribution in [0.3, 0.4) is 0 Å². The van der Waals surface area contributed by atoms with Crippen molar-refractivity contribution >= 4 is 0 Å². The lowest BCUT2D eigenvalue weighted by Gasteiger charge is -2.07. The van der Waals surface area contributed by atoms with E-state index in [9.17, 15) is 0 Å². The van der Waals surface area contributed by atoms with E-state index in [1.807, 2.05) is 37.1 Å². The zero-order valence-corrected chi connectivity index (χ0v) is 9.86. The lowest BCUT2D eigenvalue weighted by molar-refractivity contribution is 0.793. The first-order chi connectivity index (χ1) is 7.70. The summed E-state index contributed by atoms with van der Waals surface area (Å²) in [6, 6.07) is 4.11. The van der Waals surface area contributed by atoms with Gasteiger partial charge >= 0.3 is 0 Å². The summed E-state index contributed by atoms with van der Waals surface area (Å²) in [6.07, 6.45) is 3.82. The van der Waals surface area contributed by atoms with Crippen LogP contribution in [0.1, 0.15) is 16.8 Å². The van der Waals surface area contributed by atoms with Crippen molar-refractivity contribution in [2.75, 3.05) is 7.05 Å². The topological polar surface area (TPSA) is 42.7 Å². The van der Waals surface area contributed by atoms with Crippen LogP contribution < -0.4 is 5.32 Å². The van der Waals surface area contributed by atoms with E-state index >= 15 is 0 Å². The highest BCUT2D eigenvalue weighted by Crippen LogP contribution is 2.12. The molecule has 0 aliphatic rings. The monoisotopic (exact) mass is 216 g/mol. The summed E-state index contributed by atoms with van der Waals surface area (Å²) < 4.78 is 1.81. The van der Waals surface area contributed by atoms with Gasteiger partial charge in [0.15, 0.2) is 5.82 Å². The Morgan fingerprint density at radius 2 is 2.19 bits per heavy atom. The van der Waals surface area contributed by atoms with E-state index in [0.717, 1.165) is 23.6 Å². The van der Waals surface area contributed by atoms with E-state index in [2.05, 4.69) is 28.4 Å². The number of hydrogen-bond donors (Lipinski definition) is 1. The predicted octanol–water partition coefficient (Wildman–Crippen LogP) is 1.60. The number of nitrogens with zero attached hydrogens (tertiary/aromatic N) is 3. The SMILES string of the molecule is CNCc1cnc(-n2ccc(C)n2)c(C)c1. The highest BCUT2D eigenvalue weighted by molar-refractivity contribution is 5.34. The van der Waals surface area contributed by atoms with Crippen molar-refractivity contribution in [1.29, 1.82) is 0 Å². The minimum absolute atomic E-state index is 0.840. The molecule has 0 aliphatic carbocycles. The van der Waals surface area contributed by atoms with Crippen LogP contribution in [0, 0.1) is 13.8 Å². The molecule has 4 heteroatoms. The Labute approximate surface area is 95.3 Å². The maximum absolute atomic E-state index is 4.44. The molecule has 1 N–H and O–H groups in total. The van der Waals surface area contributed by atoms with Crippen LogP contribution in [0.25, 0.3) is 5.82 Å². The Balaban J connectivity index is 2.36. The fourth-order valence-electron chi connectivity index (χ4n) is 1.70. The smallest absolute Gasteiger partial charge is 0.156 e. The Bertz CT molecular complexity index is 488. The van der Waals surface area contributed by atoms with Crippen LogP contribution in [0.15, 0.2) is 24.5 Å². The van der Waals surface area contributed by atoms with Crippen LogP contribution in [0.2, 0.25) is 0 Å². The number of aryl methyl sites for hydroxylation is 2. The third kappa shape index (κ3) is 2.12. The van der Waals surface area contributed by atoms with Gasteiger partial charge in [-0.3, -0.25) is 0 Å². The molecule has 2 rings (SSSR count). The van der Waals surface area contributed by atoms with Crippen LogP contribution >= 0.6 is 0 Å². The lowest BCUT2D eigenvalue weighted by atomic mass is 10.2. The molecule has 0 aromatic carbocycles. The Hall–Kier alpha value is -1.68. The first-order valence-electron chi connectivity index (χ1n) is 5.33. The normalized spacial score (nSPS) is 10.7. The average Bonchev–Trinajstić information content (AvgIpc) is 2.65. The van der Waals surface area contributed by atoms with E-state index < -0.39 is 0 Å². The highest BCUT2D eigenvalue weighted by atomic mass is 15.3. The van der Waals surface area contributed by atoms with Crippen LogP contribution in [-0.2, 0) is 6.54 Å². The molecule has 0 saturated carbocycles. The largest absolute Gasteiger partial charge is 0.316 e. The first kappa shape index (κ1) is 10.8. The number of rotatable bonds is 3. The molecule has 0 atom stereocenters. The predicted molar refractivity (Wildman–Crippen MR) is 63.6 cm³/mol. The maximum Gasteiger partial charge on any atom is 0.156 e. The number of pyridine rings is 1. The number of hydrogen-bond acceptors (Lipinski definition) is 3. The maximum atomic E-state index is 4.44. The molecule has 84 valence electrons. The summed E-state index contributed by atoms with van der Waals surface area (Å²) in [5, 5.41) is 7.47. The van der Waals surface area contributed by atoms with Crippen molar-refractivity contribution in [3.8, 4) is 5.82 Å². The molecular weight excluding hydrogens is 200 g/mol. The second-order valence-electron chi connectivity index (χ2n) is 3.92. The minimum Gasteiger partial charge on any atom is -0.316 e. The summed E-state index contributed by atoms with van der Waals surface area (Å²) >= 11 is 0. The second kappa shape index (κ2) is 4.45. The molecule has 2 aromatic heterocycles. The van der Waals surface area contributed by atoms with Gasteiger partial charge in [0.05, 0.1) is 5.69 Å². The molecule has 0 fully saturated rings. The molecule has 0 spiro atoms. The van der Waals surface area contributed by atoms with Crippen molar-refractivity contribution in [2.24, 2.45) is 0 Å². The molecule has 16 heavy (non-hydrogen) atoms. The molecule has 0 unspecified atom stereocenters. The number of nitrogens with one attached hydrogen (secondary N) is 1. The van der Waals surface area contributed by atoms with Gasteiger partial charge in [0.2, 0.25) is 0 Å². The van der Waals surface area contributed by atoms with Crippen molar-refractivity contribution < 1.29 is 0 Å². The van der Waals surface area contributed by atoms with E-state index in [4.69, 9.17) is 0 Å². The van der Waals surface area contributed by atoms with E-state index in [1.54, 1.807) is 0 Å². The van der Waals surface area contributed by atoms with E-state index in [1.165, 1.54) is 5.56 Å². The fourth-order valence-corrected chi connectivity index (χ4v) is 1.70. The van der Waals surface area contributed by atoms with Gasteiger partial charge in [-0.25, -0.2) is 9.67 Å². The van der Waals surface area contributed by atoms with Gasteiger partial charge in [-0.15, -0.1) is 0 Å². The van der Waals surface area contributed by atoms with Gasteiger partial charge in [-0.05, 0) is 44.2 Å². The van der Waals surface area contributed by atoms with Gasteiger partial charge in [0.1, 0.15) is 0 Å². The zero-order valence-electron chi connectivity index (χ0n) is 9.86. The third-order valence-corrected chi connectivity index (χ3v) is 2.43. The van der Waals surface area contributed by atoms with Gasteiger partial charge < -0.3 is 5.32 Å². The first-order valence-corrected chi connectivity index (χ1v) is 5.33. The second-order valence-corrected chi connectivity index (χ2v) is 3.92. The summed E-state index contributed by atoms with van der Waals surface area (Å²) in [7, 11) is 1.93. The number of aromatic nitrogens is 3. The highest BCUT2D eigenvalue weighted by Gasteiger charge is 2.04. The molecule has 0 aliphatic heterocycles. The average molecular weight is 216 g/mol. The summed E-state index contributed by atoms with van der Waals surface area (Å²) in [5.74, 6) is 0.896.